The lowest BCUT2D eigenvalue weighted by Crippen LogP contribution is -2.03. The highest BCUT2D eigenvalue weighted by Crippen LogP contribution is 2.25. The number of alkyl halides is 1. The molecule has 0 saturated carbocycles. The lowest BCUT2D eigenvalue weighted by molar-refractivity contribution is 0.777. The van der Waals surface area contributed by atoms with Crippen molar-refractivity contribution >= 4 is 34.2 Å². The van der Waals surface area contributed by atoms with E-state index in [-0.39, 0.29) is 0 Å². The Morgan fingerprint density at radius 3 is 2.63 bits per heavy atom. The van der Waals surface area contributed by atoms with E-state index >= 15 is 0 Å². The van der Waals surface area contributed by atoms with Crippen LogP contribution in [-0.4, -0.2) is 14.5 Å². The second-order valence-corrected chi connectivity index (χ2v) is 4.89. The van der Waals surface area contributed by atoms with Crippen LogP contribution in [0.3, 0.4) is 0 Å². The van der Waals surface area contributed by atoms with Crippen LogP contribution < -0.4 is 0 Å². The minimum Gasteiger partial charge on any atom is -0.322 e. The molecule has 0 radical (unpaired) electrons. The Morgan fingerprint density at radius 2 is 1.89 bits per heavy atom. The van der Waals surface area contributed by atoms with Gasteiger partial charge in [-0.15, -0.1) is 11.6 Å². The molecule has 19 heavy (non-hydrogen) atoms. The monoisotopic (exact) mass is 291 g/mol. The number of halogens is 2. The Hall–Kier alpha value is -1.58. The smallest absolute Gasteiger partial charge is 0.125 e. The van der Waals surface area contributed by atoms with Crippen molar-refractivity contribution in [3.63, 3.8) is 0 Å². The molecule has 2 aromatic heterocycles. The number of rotatable bonds is 3. The normalized spacial score (nSPS) is 11.1. The van der Waals surface area contributed by atoms with Crippen molar-refractivity contribution < 1.29 is 0 Å². The van der Waals surface area contributed by atoms with Crippen LogP contribution in [0.4, 0.5) is 0 Å². The van der Waals surface area contributed by atoms with E-state index in [1.807, 2.05) is 30.3 Å². The van der Waals surface area contributed by atoms with Gasteiger partial charge in [0.2, 0.25) is 0 Å². The molecule has 0 fully saturated rings. The molecule has 1 aromatic carbocycles. The fourth-order valence-electron chi connectivity index (χ4n) is 2.11. The van der Waals surface area contributed by atoms with Crippen molar-refractivity contribution in [1.82, 2.24) is 14.5 Å². The van der Waals surface area contributed by atoms with Gasteiger partial charge in [0.15, 0.2) is 0 Å². The van der Waals surface area contributed by atoms with Gasteiger partial charge in [-0.3, -0.25) is 4.98 Å². The predicted octanol–water partition coefficient (Wildman–Crippen LogP) is 3.87. The van der Waals surface area contributed by atoms with Gasteiger partial charge in [-0.25, -0.2) is 4.98 Å². The molecule has 0 unspecified atom stereocenters. The summed E-state index contributed by atoms with van der Waals surface area (Å²) >= 11 is 12.2. The van der Waals surface area contributed by atoms with Gasteiger partial charge in [-0.2, -0.15) is 0 Å². The summed E-state index contributed by atoms with van der Waals surface area (Å²) in [6, 6.07) is 9.73. The molecule has 3 nitrogen and oxygen atoms in total. The Labute approximate surface area is 120 Å². The molecule has 0 aliphatic heterocycles. The molecule has 3 aromatic rings. The molecular weight excluding hydrogens is 281 g/mol. The molecular formula is C14H11Cl2N3. The summed E-state index contributed by atoms with van der Waals surface area (Å²) in [7, 11) is 0. The summed E-state index contributed by atoms with van der Waals surface area (Å²) in [4.78, 5) is 8.53. The number of para-hydroxylation sites is 1. The van der Waals surface area contributed by atoms with Crippen LogP contribution in [0.2, 0.25) is 5.02 Å². The number of hydrogen-bond donors (Lipinski definition) is 0. The van der Waals surface area contributed by atoms with E-state index in [0.29, 0.717) is 17.4 Å². The van der Waals surface area contributed by atoms with E-state index in [0.717, 1.165) is 22.4 Å². The highest BCUT2D eigenvalue weighted by atomic mass is 35.5. The average molecular weight is 292 g/mol. The molecule has 96 valence electrons. The fraction of sp³-hybridized carbons (Fsp3) is 0.143. The second kappa shape index (κ2) is 5.19. The van der Waals surface area contributed by atoms with Crippen LogP contribution in [0.25, 0.3) is 11.0 Å². The van der Waals surface area contributed by atoms with Crippen LogP contribution in [0.15, 0.2) is 42.7 Å². The number of pyridine rings is 1. The molecule has 0 spiro atoms. The van der Waals surface area contributed by atoms with E-state index in [1.54, 1.807) is 12.4 Å². The summed E-state index contributed by atoms with van der Waals surface area (Å²) in [5.74, 6) is 1.18. The number of aromatic nitrogens is 3. The predicted molar refractivity (Wildman–Crippen MR) is 77.6 cm³/mol. The van der Waals surface area contributed by atoms with Gasteiger partial charge < -0.3 is 4.57 Å². The molecule has 3 rings (SSSR count). The fourth-order valence-corrected chi connectivity index (χ4v) is 2.53. The third-order valence-corrected chi connectivity index (χ3v) is 3.56. The van der Waals surface area contributed by atoms with Crippen LogP contribution in [0, 0.1) is 0 Å². The summed E-state index contributed by atoms with van der Waals surface area (Å²) in [6.07, 6.45) is 3.56. The van der Waals surface area contributed by atoms with Gasteiger partial charge in [0.25, 0.3) is 0 Å². The lowest BCUT2D eigenvalue weighted by Gasteiger charge is -2.07. The van der Waals surface area contributed by atoms with Crippen LogP contribution in [-0.2, 0) is 12.4 Å². The molecule has 0 atom stereocenters. The summed E-state index contributed by atoms with van der Waals surface area (Å²) < 4.78 is 2.09. The lowest BCUT2D eigenvalue weighted by atomic mass is 10.2. The Kier molecular flexibility index (Phi) is 3.40. The number of imidazole rings is 1. The van der Waals surface area contributed by atoms with Crippen molar-refractivity contribution in [3.05, 3.63) is 59.1 Å². The summed E-state index contributed by atoms with van der Waals surface area (Å²) in [5.41, 5.74) is 2.95. The SMILES string of the molecule is ClCc1nc2c(Cl)cccc2n1Cc1ccncc1. The molecule has 2 heterocycles. The standard InChI is InChI=1S/C14H11Cl2N3/c15-8-13-18-14-11(16)2-1-3-12(14)19(13)9-10-4-6-17-7-5-10/h1-7H,8-9H2. The largest absolute Gasteiger partial charge is 0.322 e. The molecule has 0 aliphatic carbocycles. The molecule has 5 heteroatoms. The minimum absolute atomic E-state index is 0.357. The first-order chi connectivity index (χ1) is 9.29. The van der Waals surface area contributed by atoms with E-state index in [4.69, 9.17) is 23.2 Å². The maximum Gasteiger partial charge on any atom is 0.125 e. The highest BCUT2D eigenvalue weighted by molar-refractivity contribution is 6.35. The van der Waals surface area contributed by atoms with Crippen molar-refractivity contribution in [2.75, 3.05) is 0 Å². The zero-order valence-corrected chi connectivity index (χ0v) is 11.6. The number of nitrogens with zero attached hydrogens (tertiary/aromatic N) is 3. The van der Waals surface area contributed by atoms with E-state index in [9.17, 15) is 0 Å². The maximum absolute atomic E-state index is 6.17. The first-order valence-corrected chi connectivity index (χ1v) is 6.79. The van der Waals surface area contributed by atoms with Crippen LogP contribution in [0.5, 0.6) is 0 Å². The van der Waals surface area contributed by atoms with Crippen LogP contribution in [0.1, 0.15) is 11.4 Å². The highest BCUT2D eigenvalue weighted by Gasteiger charge is 2.12. The molecule has 0 N–H and O–H groups in total. The first-order valence-electron chi connectivity index (χ1n) is 5.88. The third-order valence-electron chi connectivity index (χ3n) is 3.02. The average Bonchev–Trinajstić information content (AvgIpc) is 2.80. The molecule has 0 saturated heterocycles. The Bertz CT molecular complexity index is 707. The minimum atomic E-state index is 0.357. The van der Waals surface area contributed by atoms with Gasteiger partial charge >= 0.3 is 0 Å². The molecule has 0 amide bonds. The van der Waals surface area contributed by atoms with Gasteiger partial charge in [0.05, 0.1) is 16.4 Å². The Balaban J connectivity index is 2.14. The van der Waals surface area contributed by atoms with Gasteiger partial charge in [-0.05, 0) is 29.8 Å². The van der Waals surface area contributed by atoms with Crippen molar-refractivity contribution in [2.24, 2.45) is 0 Å². The van der Waals surface area contributed by atoms with Gasteiger partial charge in [-0.1, -0.05) is 17.7 Å². The molecule has 0 bridgehead atoms. The quantitative estimate of drug-likeness (QED) is 0.686. The zero-order chi connectivity index (χ0) is 13.2. The first kappa shape index (κ1) is 12.5. The second-order valence-electron chi connectivity index (χ2n) is 4.21. The molecule has 0 aliphatic rings. The van der Waals surface area contributed by atoms with E-state index in [1.165, 1.54) is 0 Å². The van der Waals surface area contributed by atoms with Crippen molar-refractivity contribution in [2.45, 2.75) is 12.4 Å². The Morgan fingerprint density at radius 1 is 1.11 bits per heavy atom. The van der Waals surface area contributed by atoms with Crippen molar-refractivity contribution in [1.29, 1.82) is 0 Å². The number of benzene rings is 1. The van der Waals surface area contributed by atoms with Gasteiger partial charge in [0, 0.05) is 18.9 Å². The zero-order valence-electron chi connectivity index (χ0n) is 10.1. The maximum atomic E-state index is 6.17. The van der Waals surface area contributed by atoms with Crippen molar-refractivity contribution in [3.8, 4) is 0 Å². The summed E-state index contributed by atoms with van der Waals surface area (Å²) in [5, 5.41) is 0.650. The third kappa shape index (κ3) is 2.31. The number of hydrogen-bond acceptors (Lipinski definition) is 2. The summed E-state index contributed by atoms with van der Waals surface area (Å²) in [6.45, 7) is 0.710. The van der Waals surface area contributed by atoms with E-state index in [2.05, 4.69) is 14.5 Å². The number of fused-ring (bicyclic) bond motifs is 1. The van der Waals surface area contributed by atoms with Gasteiger partial charge in [0.1, 0.15) is 11.3 Å². The van der Waals surface area contributed by atoms with E-state index < -0.39 is 0 Å². The van der Waals surface area contributed by atoms with Crippen LogP contribution >= 0.6 is 23.2 Å². The topological polar surface area (TPSA) is 30.7 Å².